The van der Waals surface area contributed by atoms with Gasteiger partial charge in [-0.05, 0) is 12.8 Å². The van der Waals surface area contributed by atoms with Gasteiger partial charge in [0.2, 0.25) is 0 Å². The van der Waals surface area contributed by atoms with Crippen LogP contribution in [0.5, 0.6) is 0 Å². The average Bonchev–Trinajstić information content (AvgIpc) is 2.30. The van der Waals surface area contributed by atoms with Crippen LogP contribution in [0.15, 0.2) is 0 Å². The normalized spacial score (nSPS) is 37.5. The van der Waals surface area contributed by atoms with Crippen LogP contribution in [0.4, 0.5) is 0 Å². The summed E-state index contributed by atoms with van der Waals surface area (Å²) in [4.78, 5) is 12.2. The Morgan fingerprint density at radius 2 is 2.13 bits per heavy atom. The molecular weight excluding hydrogens is 228 g/mol. The molecule has 0 N–H and O–H groups in total. The van der Waals surface area contributed by atoms with Crippen molar-refractivity contribution < 1.29 is 9.53 Å². The second-order valence-electron chi connectivity index (χ2n) is 4.18. The van der Waals surface area contributed by atoms with Crippen molar-refractivity contribution in [3.05, 3.63) is 0 Å². The molecule has 0 saturated carbocycles. The first kappa shape index (κ1) is 11.8. The fourth-order valence-corrected chi connectivity index (χ4v) is 4.95. The Morgan fingerprint density at radius 1 is 1.33 bits per heavy atom. The summed E-state index contributed by atoms with van der Waals surface area (Å²) in [5.41, 5.74) is 0. The molecule has 86 valence electrons. The van der Waals surface area contributed by atoms with Crippen LogP contribution in [-0.4, -0.2) is 41.0 Å². The Labute approximate surface area is 99.9 Å². The van der Waals surface area contributed by atoms with Crippen LogP contribution in [0.3, 0.4) is 0 Å². The van der Waals surface area contributed by atoms with Gasteiger partial charge in [-0.25, -0.2) is 0 Å². The molecule has 0 radical (unpaired) electrons. The second kappa shape index (κ2) is 5.60. The SMILES string of the molecule is CC1SCCSC1C(=O)C1CCCOC1. The topological polar surface area (TPSA) is 26.3 Å². The summed E-state index contributed by atoms with van der Waals surface area (Å²) in [7, 11) is 0. The minimum Gasteiger partial charge on any atom is -0.381 e. The first-order valence-corrected chi connectivity index (χ1v) is 7.73. The first-order chi connectivity index (χ1) is 7.29. The molecule has 3 atom stereocenters. The lowest BCUT2D eigenvalue weighted by Crippen LogP contribution is -2.38. The number of ketones is 1. The molecule has 0 bridgehead atoms. The van der Waals surface area contributed by atoms with E-state index in [0.717, 1.165) is 25.2 Å². The highest BCUT2D eigenvalue weighted by Gasteiger charge is 2.34. The van der Waals surface area contributed by atoms with E-state index < -0.39 is 0 Å². The van der Waals surface area contributed by atoms with Gasteiger partial charge in [0.05, 0.1) is 11.9 Å². The van der Waals surface area contributed by atoms with Gasteiger partial charge in [-0.3, -0.25) is 4.79 Å². The Hall–Kier alpha value is 0.330. The van der Waals surface area contributed by atoms with Crippen LogP contribution in [0.2, 0.25) is 0 Å². The van der Waals surface area contributed by atoms with E-state index in [1.54, 1.807) is 0 Å². The number of hydrogen-bond acceptors (Lipinski definition) is 4. The monoisotopic (exact) mass is 246 g/mol. The van der Waals surface area contributed by atoms with Gasteiger partial charge in [0.15, 0.2) is 5.78 Å². The van der Waals surface area contributed by atoms with Crippen molar-refractivity contribution in [1.29, 1.82) is 0 Å². The third kappa shape index (κ3) is 2.92. The van der Waals surface area contributed by atoms with Crippen molar-refractivity contribution in [3.63, 3.8) is 0 Å². The quantitative estimate of drug-likeness (QED) is 0.746. The van der Waals surface area contributed by atoms with Crippen LogP contribution in [-0.2, 0) is 9.53 Å². The van der Waals surface area contributed by atoms with Crippen LogP contribution in [0.25, 0.3) is 0 Å². The van der Waals surface area contributed by atoms with Crippen molar-refractivity contribution in [1.82, 2.24) is 0 Å². The van der Waals surface area contributed by atoms with Crippen LogP contribution in [0.1, 0.15) is 19.8 Å². The molecule has 15 heavy (non-hydrogen) atoms. The van der Waals surface area contributed by atoms with E-state index in [-0.39, 0.29) is 11.2 Å². The second-order valence-corrected chi connectivity index (χ2v) is 6.92. The largest absolute Gasteiger partial charge is 0.381 e. The summed E-state index contributed by atoms with van der Waals surface area (Å²) in [6, 6.07) is 0. The number of carbonyl (C=O) groups is 1. The molecule has 2 saturated heterocycles. The van der Waals surface area contributed by atoms with Gasteiger partial charge < -0.3 is 4.74 Å². The number of Topliss-reactive ketones (excluding diaryl/α,β-unsaturated/α-hetero) is 1. The van der Waals surface area contributed by atoms with Crippen molar-refractivity contribution >= 4 is 29.3 Å². The number of thioether (sulfide) groups is 2. The molecule has 0 aromatic carbocycles. The minimum absolute atomic E-state index is 0.178. The van der Waals surface area contributed by atoms with Gasteiger partial charge in [-0.15, -0.1) is 11.8 Å². The van der Waals surface area contributed by atoms with E-state index in [4.69, 9.17) is 4.74 Å². The standard InChI is InChI=1S/C11H18O2S2/c1-8-11(15-6-5-14-8)10(12)9-3-2-4-13-7-9/h8-9,11H,2-7H2,1H3. The molecule has 2 aliphatic heterocycles. The number of carbonyl (C=O) groups excluding carboxylic acids is 1. The van der Waals surface area contributed by atoms with Crippen LogP contribution < -0.4 is 0 Å². The van der Waals surface area contributed by atoms with E-state index in [2.05, 4.69) is 6.92 Å². The molecule has 0 spiro atoms. The maximum atomic E-state index is 12.2. The first-order valence-electron chi connectivity index (χ1n) is 5.63. The van der Waals surface area contributed by atoms with E-state index in [9.17, 15) is 4.79 Å². The lowest BCUT2D eigenvalue weighted by atomic mass is 9.94. The van der Waals surface area contributed by atoms with Crippen molar-refractivity contribution in [2.45, 2.75) is 30.3 Å². The number of ether oxygens (including phenoxy) is 1. The summed E-state index contributed by atoms with van der Waals surface area (Å²) in [6.45, 7) is 3.68. The predicted octanol–water partition coefficient (Wildman–Crippen LogP) is 2.22. The molecule has 0 aromatic rings. The third-order valence-corrected chi connectivity index (χ3v) is 6.14. The molecule has 2 nitrogen and oxygen atoms in total. The van der Waals surface area contributed by atoms with Crippen LogP contribution in [0, 0.1) is 5.92 Å². The van der Waals surface area contributed by atoms with Gasteiger partial charge in [-0.2, -0.15) is 11.8 Å². The summed E-state index contributed by atoms with van der Waals surface area (Å²) in [6.07, 6.45) is 2.09. The Balaban J connectivity index is 1.92. The predicted molar refractivity (Wildman–Crippen MR) is 66.7 cm³/mol. The lowest BCUT2D eigenvalue weighted by molar-refractivity contribution is -0.126. The molecule has 4 heteroatoms. The average molecular weight is 246 g/mol. The minimum atomic E-state index is 0.178. The molecule has 2 rings (SSSR count). The molecule has 0 amide bonds. The third-order valence-electron chi connectivity index (χ3n) is 3.03. The van der Waals surface area contributed by atoms with Gasteiger partial charge in [0, 0.05) is 29.3 Å². The highest BCUT2D eigenvalue weighted by Crippen LogP contribution is 2.34. The smallest absolute Gasteiger partial charge is 0.152 e. The molecule has 0 aromatic heterocycles. The summed E-state index contributed by atoms with van der Waals surface area (Å²) in [5, 5.41) is 0.702. The number of hydrogen-bond donors (Lipinski definition) is 0. The number of rotatable bonds is 2. The molecule has 2 fully saturated rings. The van der Waals surface area contributed by atoms with Crippen molar-refractivity contribution in [2.24, 2.45) is 5.92 Å². The molecule has 2 heterocycles. The Kier molecular flexibility index (Phi) is 4.40. The van der Waals surface area contributed by atoms with Gasteiger partial charge in [0.25, 0.3) is 0 Å². The van der Waals surface area contributed by atoms with E-state index in [1.165, 1.54) is 5.75 Å². The molecule has 0 aliphatic carbocycles. The Morgan fingerprint density at radius 3 is 2.80 bits per heavy atom. The summed E-state index contributed by atoms with van der Waals surface area (Å²) >= 11 is 3.78. The fourth-order valence-electron chi connectivity index (χ4n) is 2.14. The van der Waals surface area contributed by atoms with Gasteiger partial charge in [-0.1, -0.05) is 6.92 Å². The van der Waals surface area contributed by atoms with Crippen molar-refractivity contribution in [2.75, 3.05) is 24.7 Å². The van der Waals surface area contributed by atoms with Crippen LogP contribution >= 0.6 is 23.5 Å². The highest BCUT2D eigenvalue weighted by atomic mass is 32.2. The van der Waals surface area contributed by atoms with Crippen molar-refractivity contribution in [3.8, 4) is 0 Å². The van der Waals surface area contributed by atoms with E-state index >= 15 is 0 Å². The van der Waals surface area contributed by atoms with E-state index in [1.807, 2.05) is 23.5 Å². The zero-order chi connectivity index (χ0) is 10.7. The Bertz CT molecular complexity index is 227. The van der Waals surface area contributed by atoms with Gasteiger partial charge >= 0.3 is 0 Å². The lowest BCUT2D eigenvalue weighted by Gasteiger charge is -2.31. The zero-order valence-corrected chi connectivity index (χ0v) is 10.7. The maximum Gasteiger partial charge on any atom is 0.152 e. The summed E-state index contributed by atoms with van der Waals surface area (Å²) in [5.74, 6) is 2.94. The van der Waals surface area contributed by atoms with E-state index in [0.29, 0.717) is 17.6 Å². The fraction of sp³-hybridized carbons (Fsp3) is 0.909. The maximum absolute atomic E-state index is 12.2. The van der Waals surface area contributed by atoms with Gasteiger partial charge in [0.1, 0.15) is 0 Å². The highest BCUT2D eigenvalue weighted by molar-refractivity contribution is 8.07. The molecular formula is C11H18O2S2. The summed E-state index contributed by atoms with van der Waals surface area (Å²) < 4.78 is 5.39. The molecule has 3 unspecified atom stereocenters. The molecule has 2 aliphatic rings. The zero-order valence-electron chi connectivity index (χ0n) is 9.11.